The van der Waals surface area contributed by atoms with Gasteiger partial charge in [-0.2, -0.15) is 0 Å². The number of aromatic nitrogens is 1. The average molecular weight is 382 g/mol. The molecule has 0 saturated carbocycles. The lowest BCUT2D eigenvalue weighted by Crippen LogP contribution is -2.19. The van der Waals surface area contributed by atoms with Gasteiger partial charge in [-0.3, -0.25) is 0 Å². The summed E-state index contributed by atoms with van der Waals surface area (Å²) >= 11 is 6.94. The zero-order valence-electron chi connectivity index (χ0n) is 7.79. The monoisotopic (exact) mass is 382 g/mol. The van der Waals surface area contributed by atoms with Crippen LogP contribution >= 0.6 is 34.2 Å². The van der Waals surface area contributed by atoms with Crippen molar-refractivity contribution < 1.29 is 22.8 Å². The maximum Gasteiger partial charge on any atom is 0.575 e. The lowest BCUT2D eigenvalue weighted by molar-refractivity contribution is -0.390. The molecule has 94 valence electrons. The fourth-order valence-electron chi connectivity index (χ4n) is 0.938. The number of pyridine rings is 1. The Morgan fingerprint density at radius 1 is 1.59 bits per heavy atom. The lowest BCUT2D eigenvalue weighted by Gasteiger charge is -2.07. The van der Waals surface area contributed by atoms with Crippen molar-refractivity contribution in [1.29, 1.82) is 0 Å². The van der Waals surface area contributed by atoms with Crippen LogP contribution in [0.3, 0.4) is 0 Å². The predicted octanol–water partition coefficient (Wildman–Crippen LogP) is 3.23. The molecule has 1 rings (SSSR count). The van der Waals surface area contributed by atoms with Gasteiger partial charge in [0.25, 0.3) is 0 Å². The van der Waals surface area contributed by atoms with Crippen molar-refractivity contribution in [3.63, 3.8) is 0 Å². The van der Waals surface area contributed by atoms with Crippen LogP contribution in [0.4, 0.5) is 19.0 Å². The Morgan fingerprint density at radius 2 is 2.18 bits per heavy atom. The van der Waals surface area contributed by atoms with Gasteiger partial charge < -0.3 is 14.9 Å². The van der Waals surface area contributed by atoms with Crippen molar-refractivity contribution in [3.8, 4) is 5.88 Å². The van der Waals surface area contributed by atoms with Gasteiger partial charge in [0, 0.05) is 4.98 Å². The van der Waals surface area contributed by atoms with Crippen LogP contribution in [0.15, 0.2) is 6.07 Å². The van der Waals surface area contributed by atoms with Gasteiger partial charge in [-0.15, -0.1) is 24.8 Å². The maximum absolute atomic E-state index is 12.0. The number of alkyl halides is 4. The molecule has 0 spiro atoms. The summed E-state index contributed by atoms with van der Waals surface area (Å²) in [6.45, 7) is 0. The van der Waals surface area contributed by atoms with Crippen molar-refractivity contribution >= 4 is 40.0 Å². The number of hydrogen-bond donors (Lipinski definition) is 0. The number of hydrogen-bond acceptors (Lipinski definition) is 4. The first-order valence-electron chi connectivity index (χ1n) is 3.90. The van der Waals surface area contributed by atoms with E-state index in [0.29, 0.717) is 0 Å². The Labute approximate surface area is 111 Å². The zero-order chi connectivity index (χ0) is 13.2. The van der Waals surface area contributed by atoms with E-state index in [4.69, 9.17) is 11.6 Å². The van der Waals surface area contributed by atoms with Crippen LogP contribution in [-0.4, -0.2) is 16.3 Å². The van der Waals surface area contributed by atoms with Gasteiger partial charge in [-0.1, -0.05) is 0 Å². The van der Waals surface area contributed by atoms with Gasteiger partial charge in [0.2, 0.25) is 0 Å². The highest BCUT2D eigenvalue weighted by Crippen LogP contribution is 2.30. The van der Waals surface area contributed by atoms with Crippen LogP contribution in [0.1, 0.15) is 5.56 Å². The third kappa shape index (κ3) is 3.84. The molecule has 0 N–H and O–H groups in total. The highest BCUT2D eigenvalue weighted by Gasteiger charge is 2.36. The smallest absolute Gasteiger partial charge is 0.366 e. The summed E-state index contributed by atoms with van der Waals surface area (Å²) in [5.41, 5.74) is 0.0237. The fraction of sp³-hybridized carbons (Fsp3) is 0.286. The molecule has 0 fully saturated rings. The van der Waals surface area contributed by atoms with Crippen molar-refractivity contribution in [2.45, 2.75) is 12.2 Å². The third-order valence-electron chi connectivity index (χ3n) is 1.53. The molecule has 0 atom stereocenters. The van der Waals surface area contributed by atoms with Crippen LogP contribution < -0.4 is 4.74 Å². The first-order chi connectivity index (χ1) is 7.74. The molecule has 0 amide bonds. The molecule has 1 aromatic rings. The summed E-state index contributed by atoms with van der Waals surface area (Å²) in [6, 6.07) is 1.12. The number of nitro groups is 1. The van der Waals surface area contributed by atoms with Gasteiger partial charge in [-0.05, 0) is 33.6 Å². The summed E-state index contributed by atoms with van der Waals surface area (Å²) in [7, 11) is 0. The molecule has 10 heteroatoms. The summed E-state index contributed by atoms with van der Waals surface area (Å²) in [4.78, 5) is 12.8. The molecule has 0 unspecified atom stereocenters. The molecule has 0 aromatic carbocycles. The second-order valence-corrected chi connectivity index (χ2v) is 4.13. The summed E-state index contributed by atoms with van der Waals surface area (Å²) in [5, 5.41) is 10.6. The van der Waals surface area contributed by atoms with Crippen LogP contribution in [0.5, 0.6) is 5.88 Å². The van der Waals surface area contributed by atoms with Gasteiger partial charge in [-0.25, -0.2) is 0 Å². The van der Waals surface area contributed by atoms with Gasteiger partial charge in [0.1, 0.15) is 3.57 Å². The standard InChI is InChI=1S/C7H3ClF3IN2O3/c8-2-3-1-4(12)6(17-7(9,10)11)13-5(3)14(15)16/h1H,2H2. The summed E-state index contributed by atoms with van der Waals surface area (Å²) in [6.07, 6.45) is -4.96. The van der Waals surface area contributed by atoms with Crippen molar-refractivity contribution in [1.82, 2.24) is 4.98 Å². The van der Waals surface area contributed by atoms with Crippen molar-refractivity contribution in [3.05, 3.63) is 25.3 Å². The Hall–Kier alpha value is -0.840. The zero-order valence-corrected chi connectivity index (χ0v) is 10.7. The van der Waals surface area contributed by atoms with Crippen molar-refractivity contribution in [2.75, 3.05) is 0 Å². The molecule has 0 aliphatic rings. The van der Waals surface area contributed by atoms with E-state index in [2.05, 4.69) is 9.72 Å². The Bertz CT molecular complexity index is 455. The molecular weight excluding hydrogens is 379 g/mol. The Balaban J connectivity index is 3.25. The molecule has 5 nitrogen and oxygen atoms in total. The molecule has 0 radical (unpaired) electrons. The minimum Gasteiger partial charge on any atom is -0.366 e. The van der Waals surface area contributed by atoms with E-state index in [1.54, 1.807) is 0 Å². The Kier molecular flexibility index (Phi) is 4.36. The van der Waals surface area contributed by atoms with Crippen LogP contribution in [-0.2, 0) is 5.88 Å². The highest BCUT2D eigenvalue weighted by atomic mass is 127. The van der Waals surface area contributed by atoms with E-state index < -0.39 is 23.0 Å². The second-order valence-electron chi connectivity index (χ2n) is 2.70. The lowest BCUT2D eigenvalue weighted by atomic mass is 10.3. The summed E-state index contributed by atoms with van der Waals surface area (Å²) in [5.74, 6) is -1.84. The normalized spacial score (nSPS) is 11.4. The molecular formula is C7H3ClF3IN2O3. The average Bonchev–Trinajstić information content (AvgIpc) is 2.18. The first kappa shape index (κ1) is 14.2. The van der Waals surface area contributed by atoms with Gasteiger partial charge >= 0.3 is 18.1 Å². The largest absolute Gasteiger partial charge is 0.575 e. The van der Waals surface area contributed by atoms with E-state index in [1.165, 1.54) is 22.6 Å². The molecule has 1 aromatic heterocycles. The van der Waals surface area contributed by atoms with E-state index >= 15 is 0 Å². The minimum absolute atomic E-state index is 0.0128. The number of halogens is 5. The Morgan fingerprint density at radius 3 is 2.59 bits per heavy atom. The molecule has 17 heavy (non-hydrogen) atoms. The second kappa shape index (κ2) is 5.21. The third-order valence-corrected chi connectivity index (χ3v) is 2.59. The first-order valence-corrected chi connectivity index (χ1v) is 5.51. The number of rotatable bonds is 3. The molecule has 0 aliphatic carbocycles. The van der Waals surface area contributed by atoms with E-state index in [9.17, 15) is 23.3 Å². The van der Waals surface area contributed by atoms with Crippen LogP contribution in [0.2, 0.25) is 0 Å². The van der Waals surface area contributed by atoms with Gasteiger partial charge in [0.15, 0.2) is 0 Å². The van der Waals surface area contributed by atoms with E-state index in [1.807, 2.05) is 0 Å². The van der Waals surface area contributed by atoms with Crippen LogP contribution in [0.25, 0.3) is 0 Å². The fourth-order valence-corrected chi connectivity index (χ4v) is 1.74. The van der Waals surface area contributed by atoms with E-state index in [0.717, 1.165) is 6.07 Å². The predicted molar refractivity (Wildman–Crippen MR) is 59.8 cm³/mol. The molecule has 0 aliphatic heterocycles. The summed E-state index contributed by atoms with van der Waals surface area (Å²) < 4.78 is 39.5. The SMILES string of the molecule is O=[N+]([O-])c1nc(OC(F)(F)F)c(I)cc1CCl. The van der Waals surface area contributed by atoms with Gasteiger partial charge in [0.05, 0.1) is 11.4 Å². The molecule has 0 bridgehead atoms. The highest BCUT2D eigenvalue weighted by molar-refractivity contribution is 14.1. The van der Waals surface area contributed by atoms with Crippen LogP contribution in [0, 0.1) is 13.7 Å². The topological polar surface area (TPSA) is 65.3 Å². The minimum atomic E-state index is -4.96. The van der Waals surface area contributed by atoms with E-state index in [-0.39, 0.29) is 15.0 Å². The number of nitrogens with zero attached hydrogens (tertiary/aromatic N) is 2. The number of ether oxygens (including phenoxy) is 1. The van der Waals surface area contributed by atoms with Crippen molar-refractivity contribution in [2.24, 2.45) is 0 Å². The maximum atomic E-state index is 12.0. The molecule has 1 heterocycles. The quantitative estimate of drug-likeness (QED) is 0.348. The molecule has 0 saturated heterocycles.